The molecule has 3 aromatic heterocycles. The summed E-state index contributed by atoms with van der Waals surface area (Å²) in [4.78, 5) is 24.4. The SMILES string of the molecule is Cn1nccc1-c1cc(F)cc(-c2ccnc(Nc3ccc(-n4cnc(N5CCOCC5)n4)cc3)n2)c1.O=C(O)C(F)(F)F. The number of hydrogen-bond donors (Lipinski definition) is 2. The number of ether oxygens (including phenoxy) is 1. The molecule has 44 heavy (non-hydrogen) atoms. The number of nitrogens with one attached hydrogen (secondary N) is 1. The molecule has 0 atom stereocenters. The van der Waals surface area contributed by atoms with E-state index in [1.807, 2.05) is 43.4 Å². The largest absolute Gasteiger partial charge is 0.490 e. The van der Waals surface area contributed by atoms with Crippen LogP contribution in [0.3, 0.4) is 0 Å². The molecular weight excluding hydrogens is 586 g/mol. The summed E-state index contributed by atoms with van der Waals surface area (Å²) in [7, 11) is 1.82. The van der Waals surface area contributed by atoms with Crippen LogP contribution in [0.4, 0.5) is 35.1 Å². The van der Waals surface area contributed by atoms with E-state index in [0.717, 1.165) is 35.7 Å². The van der Waals surface area contributed by atoms with Crippen molar-refractivity contribution >= 4 is 23.6 Å². The highest BCUT2D eigenvalue weighted by atomic mass is 19.4. The van der Waals surface area contributed by atoms with Crippen LogP contribution in [-0.4, -0.2) is 78.1 Å². The predicted octanol–water partition coefficient (Wildman–Crippen LogP) is 4.48. The van der Waals surface area contributed by atoms with Crippen molar-refractivity contribution in [2.75, 3.05) is 36.5 Å². The number of benzene rings is 2. The zero-order valence-electron chi connectivity index (χ0n) is 23.1. The van der Waals surface area contributed by atoms with Crippen molar-refractivity contribution < 1.29 is 32.2 Å². The molecule has 0 saturated carbocycles. The van der Waals surface area contributed by atoms with Gasteiger partial charge in [-0.3, -0.25) is 4.68 Å². The standard InChI is InChI=1S/C26H24FN9O.C2HF3O2/c1-34-24(7-9-30-34)19-14-18(15-20(27)16-19)23-6-8-28-25(32-23)31-21-2-4-22(5-3-21)36-17-29-26(33-36)35-10-12-37-13-11-35;3-2(4,5)1(6)7/h2-9,14-17H,10-13H2,1H3,(H,28,31,32);(H,6,7). The molecule has 0 spiro atoms. The maximum absolute atomic E-state index is 14.5. The van der Waals surface area contributed by atoms with Gasteiger partial charge in [-0.15, -0.1) is 5.10 Å². The number of rotatable bonds is 6. The van der Waals surface area contributed by atoms with Crippen LogP contribution in [0.1, 0.15) is 0 Å². The van der Waals surface area contributed by atoms with Gasteiger partial charge in [0.15, 0.2) is 0 Å². The second-order valence-electron chi connectivity index (χ2n) is 9.40. The van der Waals surface area contributed by atoms with E-state index in [0.29, 0.717) is 36.4 Å². The van der Waals surface area contributed by atoms with Gasteiger partial charge >= 0.3 is 12.1 Å². The molecule has 1 aliphatic heterocycles. The minimum absolute atomic E-state index is 0.345. The minimum Gasteiger partial charge on any atom is -0.475 e. The molecule has 4 heterocycles. The number of halogens is 4. The Hall–Kier alpha value is -5.38. The molecule has 1 saturated heterocycles. The third-order valence-corrected chi connectivity index (χ3v) is 6.37. The predicted molar refractivity (Wildman–Crippen MR) is 151 cm³/mol. The number of anilines is 3. The van der Waals surface area contributed by atoms with E-state index in [-0.39, 0.29) is 5.82 Å². The van der Waals surface area contributed by atoms with Crippen LogP contribution in [0.15, 0.2) is 73.3 Å². The molecule has 5 aromatic rings. The fraction of sp³-hybridized carbons (Fsp3) is 0.214. The Morgan fingerprint density at radius 3 is 2.34 bits per heavy atom. The second-order valence-corrected chi connectivity index (χ2v) is 9.40. The number of alkyl halides is 3. The quantitative estimate of drug-likeness (QED) is 0.265. The number of carboxylic acids is 1. The van der Waals surface area contributed by atoms with E-state index in [9.17, 15) is 17.6 Å². The molecule has 0 bridgehead atoms. The van der Waals surface area contributed by atoms with Gasteiger partial charge in [0.1, 0.15) is 12.1 Å². The van der Waals surface area contributed by atoms with Gasteiger partial charge in [0.2, 0.25) is 11.9 Å². The number of hydrogen-bond acceptors (Lipinski definition) is 9. The molecule has 0 amide bonds. The lowest BCUT2D eigenvalue weighted by Crippen LogP contribution is -2.37. The van der Waals surface area contributed by atoms with Gasteiger partial charge in [0.25, 0.3) is 0 Å². The summed E-state index contributed by atoms with van der Waals surface area (Å²) < 4.78 is 55.0. The Morgan fingerprint density at radius 2 is 1.68 bits per heavy atom. The number of aromatic nitrogens is 7. The maximum Gasteiger partial charge on any atom is 0.490 e. The fourth-order valence-corrected chi connectivity index (χ4v) is 4.24. The van der Waals surface area contributed by atoms with Gasteiger partial charge in [-0.25, -0.2) is 23.8 Å². The first-order chi connectivity index (χ1) is 21.1. The summed E-state index contributed by atoms with van der Waals surface area (Å²) in [5.74, 6) is -2.00. The summed E-state index contributed by atoms with van der Waals surface area (Å²) >= 11 is 0. The lowest BCUT2D eigenvalue weighted by atomic mass is 10.1. The van der Waals surface area contributed by atoms with E-state index in [2.05, 4.69) is 35.4 Å². The molecule has 0 aliphatic carbocycles. The van der Waals surface area contributed by atoms with Crippen LogP contribution in [-0.2, 0) is 16.6 Å². The van der Waals surface area contributed by atoms with E-state index in [1.54, 1.807) is 34.2 Å². The highest BCUT2D eigenvalue weighted by Crippen LogP contribution is 2.27. The third kappa shape index (κ3) is 7.33. The van der Waals surface area contributed by atoms with E-state index in [4.69, 9.17) is 14.6 Å². The number of aryl methyl sites for hydroxylation is 1. The molecular formula is C28H25F4N9O3. The zero-order chi connectivity index (χ0) is 31.3. The number of morpholine rings is 1. The highest BCUT2D eigenvalue weighted by molar-refractivity contribution is 5.73. The molecule has 1 fully saturated rings. The first-order valence-electron chi connectivity index (χ1n) is 13.1. The first kappa shape index (κ1) is 30.1. The summed E-state index contributed by atoms with van der Waals surface area (Å²) in [6, 6.07) is 16.2. The number of aliphatic carboxylic acids is 1. The molecule has 12 nitrogen and oxygen atoms in total. The van der Waals surface area contributed by atoms with Crippen molar-refractivity contribution in [2.45, 2.75) is 6.18 Å². The van der Waals surface area contributed by atoms with Crippen molar-refractivity contribution in [3.8, 4) is 28.2 Å². The van der Waals surface area contributed by atoms with Gasteiger partial charge < -0.3 is 20.1 Å². The van der Waals surface area contributed by atoms with Crippen LogP contribution in [0, 0.1) is 5.82 Å². The van der Waals surface area contributed by atoms with Crippen LogP contribution in [0.25, 0.3) is 28.2 Å². The van der Waals surface area contributed by atoms with Gasteiger partial charge in [0, 0.05) is 49.3 Å². The molecule has 6 rings (SSSR count). The van der Waals surface area contributed by atoms with E-state index >= 15 is 0 Å². The number of nitrogens with zero attached hydrogens (tertiary/aromatic N) is 8. The monoisotopic (exact) mass is 611 g/mol. The van der Waals surface area contributed by atoms with Gasteiger partial charge in [-0.2, -0.15) is 23.3 Å². The lowest BCUT2D eigenvalue weighted by Gasteiger charge is -2.25. The van der Waals surface area contributed by atoms with Crippen LogP contribution >= 0.6 is 0 Å². The summed E-state index contributed by atoms with van der Waals surface area (Å²) in [6.07, 6.45) is -0.0430. The minimum atomic E-state index is -5.08. The van der Waals surface area contributed by atoms with Crippen molar-refractivity contribution in [2.24, 2.45) is 7.05 Å². The van der Waals surface area contributed by atoms with Crippen molar-refractivity contribution in [1.29, 1.82) is 0 Å². The Kier molecular flexibility index (Phi) is 8.80. The smallest absolute Gasteiger partial charge is 0.475 e. The number of carbonyl (C=O) groups is 1. The van der Waals surface area contributed by atoms with Crippen LogP contribution < -0.4 is 10.2 Å². The lowest BCUT2D eigenvalue weighted by molar-refractivity contribution is -0.192. The highest BCUT2D eigenvalue weighted by Gasteiger charge is 2.38. The van der Waals surface area contributed by atoms with Crippen molar-refractivity contribution in [3.63, 3.8) is 0 Å². The molecule has 0 radical (unpaired) electrons. The number of carboxylic acid groups (broad SMARTS) is 1. The average molecular weight is 612 g/mol. The van der Waals surface area contributed by atoms with Crippen molar-refractivity contribution in [1.82, 2.24) is 34.5 Å². The fourth-order valence-electron chi connectivity index (χ4n) is 4.24. The van der Waals surface area contributed by atoms with Gasteiger partial charge in [-0.05, 0) is 54.6 Å². The maximum atomic E-state index is 14.5. The third-order valence-electron chi connectivity index (χ3n) is 6.37. The van der Waals surface area contributed by atoms with E-state index < -0.39 is 12.1 Å². The normalized spacial score (nSPS) is 13.2. The van der Waals surface area contributed by atoms with Crippen LogP contribution in [0.5, 0.6) is 0 Å². The summed E-state index contributed by atoms with van der Waals surface area (Å²) in [5.41, 5.74) is 4.50. The average Bonchev–Trinajstić information content (AvgIpc) is 3.67. The second kappa shape index (κ2) is 12.9. The van der Waals surface area contributed by atoms with Gasteiger partial charge in [-0.1, -0.05) is 0 Å². The van der Waals surface area contributed by atoms with Crippen molar-refractivity contribution in [3.05, 3.63) is 79.1 Å². The molecule has 1 aliphatic rings. The summed E-state index contributed by atoms with van der Waals surface area (Å²) in [5, 5.41) is 19.1. The molecule has 228 valence electrons. The Balaban J connectivity index is 0.000000493. The molecule has 0 unspecified atom stereocenters. The molecule has 2 N–H and O–H groups in total. The Bertz CT molecular complexity index is 1730. The topological polar surface area (TPSA) is 136 Å². The Labute approximate surface area is 247 Å². The molecule has 16 heteroatoms. The van der Waals surface area contributed by atoms with Crippen LogP contribution in [0.2, 0.25) is 0 Å². The first-order valence-corrected chi connectivity index (χ1v) is 13.1. The summed E-state index contributed by atoms with van der Waals surface area (Å²) in [6.45, 7) is 2.93. The van der Waals surface area contributed by atoms with E-state index in [1.165, 1.54) is 12.1 Å². The zero-order valence-corrected chi connectivity index (χ0v) is 23.1. The Morgan fingerprint density at radius 1 is 0.977 bits per heavy atom. The molecule has 2 aromatic carbocycles. The van der Waals surface area contributed by atoms with Gasteiger partial charge in [0.05, 0.1) is 30.3 Å².